The highest BCUT2D eigenvalue weighted by atomic mass is 16.4. The average Bonchev–Trinajstić information content (AvgIpc) is 2.81. The maximum atomic E-state index is 12.0. The first-order valence-electron chi connectivity index (χ1n) is 6.03. The zero-order valence-corrected chi connectivity index (χ0v) is 10.2. The van der Waals surface area contributed by atoms with Gasteiger partial charge in [-0.25, -0.2) is 0 Å². The first kappa shape index (κ1) is 12.5. The van der Waals surface area contributed by atoms with Crippen LogP contribution in [0.3, 0.4) is 0 Å². The Bertz CT molecular complexity index is 473. The zero-order chi connectivity index (χ0) is 13.1. The number of aliphatic carboxylic acids is 1. The van der Waals surface area contributed by atoms with E-state index >= 15 is 0 Å². The third-order valence-electron chi connectivity index (χ3n) is 3.42. The first-order chi connectivity index (χ1) is 8.58. The number of pyridine rings is 1. The van der Waals surface area contributed by atoms with Crippen LogP contribution >= 0.6 is 0 Å². The molecule has 1 aromatic rings. The van der Waals surface area contributed by atoms with Gasteiger partial charge >= 0.3 is 5.97 Å². The van der Waals surface area contributed by atoms with Gasteiger partial charge in [0.2, 0.25) is 5.91 Å². The maximum absolute atomic E-state index is 12.0. The number of carbonyl (C=O) groups excluding carboxylic acids is 1. The molecule has 1 fully saturated rings. The first-order valence-corrected chi connectivity index (χ1v) is 6.03. The fraction of sp³-hybridized carbons (Fsp3) is 0.462. The molecule has 1 amide bonds. The number of rotatable bonds is 3. The molecule has 18 heavy (non-hydrogen) atoms. The zero-order valence-electron chi connectivity index (χ0n) is 10.2. The fourth-order valence-electron chi connectivity index (χ4n) is 2.30. The van der Waals surface area contributed by atoms with E-state index < -0.39 is 5.97 Å². The van der Waals surface area contributed by atoms with Crippen molar-refractivity contribution in [2.45, 2.75) is 26.2 Å². The summed E-state index contributed by atoms with van der Waals surface area (Å²) in [5.41, 5.74) is 1.46. The normalized spacial score (nSPS) is 22.7. The lowest BCUT2D eigenvalue weighted by Gasteiger charge is -2.11. The van der Waals surface area contributed by atoms with Crippen molar-refractivity contribution in [1.82, 2.24) is 4.98 Å². The molecule has 1 aromatic heterocycles. The number of carboxylic acids is 1. The van der Waals surface area contributed by atoms with Crippen molar-refractivity contribution < 1.29 is 14.7 Å². The second-order valence-electron chi connectivity index (χ2n) is 4.67. The highest BCUT2D eigenvalue weighted by Gasteiger charge is 2.33. The largest absolute Gasteiger partial charge is 0.481 e. The summed E-state index contributed by atoms with van der Waals surface area (Å²) in [5.74, 6) is -1.49. The van der Waals surface area contributed by atoms with Gasteiger partial charge in [-0.05, 0) is 38.3 Å². The Balaban J connectivity index is 1.98. The SMILES string of the molecule is Cc1ncccc1NC(=O)[C@@H]1CC[C@H](C(=O)O)C1. The molecule has 1 heterocycles. The molecule has 5 nitrogen and oxygen atoms in total. The number of aromatic nitrogens is 1. The van der Waals surface area contributed by atoms with Crippen molar-refractivity contribution in [1.29, 1.82) is 0 Å². The number of carbonyl (C=O) groups is 2. The van der Waals surface area contributed by atoms with Crippen molar-refractivity contribution in [3.8, 4) is 0 Å². The lowest BCUT2D eigenvalue weighted by Crippen LogP contribution is -2.22. The monoisotopic (exact) mass is 248 g/mol. The highest BCUT2D eigenvalue weighted by Crippen LogP contribution is 2.32. The Morgan fingerprint density at radius 2 is 2.11 bits per heavy atom. The van der Waals surface area contributed by atoms with Gasteiger partial charge in [-0.1, -0.05) is 0 Å². The van der Waals surface area contributed by atoms with Gasteiger partial charge in [0.25, 0.3) is 0 Å². The van der Waals surface area contributed by atoms with Gasteiger partial charge < -0.3 is 10.4 Å². The lowest BCUT2D eigenvalue weighted by molar-refractivity contribution is -0.141. The number of hydrogen-bond donors (Lipinski definition) is 2. The summed E-state index contributed by atoms with van der Waals surface area (Å²) < 4.78 is 0. The van der Waals surface area contributed by atoms with E-state index in [4.69, 9.17) is 5.11 Å². The molecule has 0 aliphatic heterocycles. The minimum Gasteiger partial charge on any atom is -0.481 e. The summed E-state index contributed by atoms with van der Waals surface area (Å²) in [4.78, 5) is 26.9. The van der Waals surface area contributed by atoms with E-state index in [1.807, 2.05) is 6.92 Å². The van der Waals surface area contributed by atoms with Crippen LogP contribution in [0.2, 0.25) is 0 Å². The van der Waals surface area contributed by atoms with Crippen LogP contribution in [0.5, 0.6) is 0 Å². The molecule has 2 rings (SSSR count). The van der Waals surface area contributed by atoms with Crippen LogP contribution in [0.25, 0.3) is 0 Å². The minimum absolute atomic E-state index is 0.102. The van der Waals surface area contributed by atoms with Gasteiger partial charge in [0.1, 0.15) is 0 Å². The summed E-state index contributed by atoms with van der Waals surface area (Å²) >= 11 is 0. The molecular formula is C13H16N2O3. The van der Waals surface area contributed by atoms with Gasteiger partial charge in [-0.3, -0.25) is 14.6 Å². The van der Waals surface area contributed by atoms with Crippen LogP contribution in [0.1, 0.15) is 25.0 Å². The molecule has 0 spiro atoms. The Morgan fingerprint density at radius 3 is 2.72 bits per heavy atom. The Labute approximate surface area is 105 Å². The van der Waals surface area contributed by atoms with Crippen molar-refractivity contribution >= 4 is 17.6 Å². The number of hydrogen-bond acceptors (Lipinski definition) is 3. The Morgan fingerprint density at radius 1 is 1.39 bits per heavy atom. The summed E-state index contributed by atoms with van der Waals surface area (Å²) in [6.07, 6.45) is 3.32. The van der Waals surface area contributed by atoms with Crippen LogP contribution in [0.15, 0.2) is 18.3 Å². The molecule has 0 bridgehead atoms. The van der Waals surface area contributed by atoms with E-state index in [-0.39, 0.29) is 17.7 Å². The number of nitrogens with zero attached hydrogens (tertiary/aromatic N) is 1. The third kappa shape index (κ3) is 2.67. The number of aryl methyl sites for hydroxylation is 1. The predicted octanol–water partition coefficient (Wildman–Crippen LogP) is 1.83. The highest BCUT2D eigenvalue weighted by molar-refractivity contribution is 5.93. The van der Waals surface area contributed by atoms with Crippen LogP contribution < -0.4 is 5.32 Å². The van der Waals surface area contributed by atoms with Crippen molar-refractivity contribution in [2.24, 2.45) is 11.8 Å². The fourth-order valence-corrected chi connectivity index (χ4v) is 2.30. The van der Waals surface area contributed by atoms with Crippen LogP contribution in [-0.4, -0.2) is 22.0 Å². The predicted molar refractivity (Wildman–Crippen MR) is 66.1 cm³/mol. The molecule has 0 radical (unpaired) electrons. The standard InChI is InChI=1S/C13H16N2O3/c1-8-11(3-2-6-14-8)15-12(16)9-4-5-10(7-9)13(17)18/h2-3,6,9-10H,4-5,7H2,1H3,(H,15,16)(H,17,18)/t9-,10+/m1/s1. The van der Waals surface area contributed by atoms with Crippen LogP contribution in [0.4, 0.5) is 5.69 Å². The molecule has 96 valence electrons. The molecule has 2 N–H and O–H groups in total. The third-order valence-corrected chi connectivity index (χ3v) is 3.42. The van der Waals surface area contributed by atoms with Crippen LogP contribution in [0, 0.1) is 18.8 Å². The summed E-state index contributed by atoms with van der Waals surface area (Å²) in [6, 6.07) is 3.56. The van der Waals surface area contributed by atoms with Crippen molar-refractivity contribution in [3.63, 3.8) is 0 Å². The van der Waals surface area contributed by atoms with Crippen molar-refractivity contribution in [2.75, 3.05) is 5.32 Å². The van der Waals surface area contributed by atoms with Gasteiger partial charge in [0.05, 0.1) is 17.3 Å². The van der Waals surface area contributed by atoms with E-state index in [0.717, 1.165) is 5.69 Å². The van der Waals surface area contributed by atoms with E-state index in [2.05, 4.69) is 10.3 Å². The average molecular weight is 248 g/mol. The van der Waals surface area contributed by atoms with Gasteiger partial charge in [-0.15, -0.1) is 0 Å². The summed E-state index contributed by atoms with van der Waals surface area (Å²) in [6.45, 7) is 1.82. The van der Waals surface area contributed by atoms with E-state index in [9.17, 15) is 9.59 Å². The molecule has 1 aliphatic rings. The number of amides is 1. The Hall–Kier alpha value is -1.91. The second-order valence-corrected chi connectivity index (χ2v) is 4.67. The molecule has 1 saturated carbocycles. The van der Waals surface area contributed by atoms with Gasteiger partial charge in [0.15, 0.2) is 0 Å². The molecule has 5 heteroatoms. The van der Waals surface area contributed by atoms with Crippen LogP contribution in [-0.2, 0) is 9.59 Å². The van der Waals surface area contributed by atoms with Gasteiger partial charge in [-0.2, -0.15) is 0 Å². The van der Waals surface area contributed by atoms with Gasteiger partial charge in [0, 0.05) is 12.1 Å². The second kappa shape index (κ2) is 5.16. The number of carboxylic acid groups (broad SMARTS) is 1. The number of nitrogens with one attached hydrogen (secondary N) is 1. The van der Waals surface area contributed by atoms with E-state index in [0.29, 0.717) is 24.9 Å². The topological polar surface area (TPSA) is 79.3 Å². The molecule has 0 aromatic carbocycles. The van der Waals surface area contributed by atoms with E-state index in [1.54, 1.807) is 18.3 Å². The maximum Gasteiger partial charge on any atom is 0.306 e. The minimum atomic E-state index is -0.803. The molecule has 0 saturated heterocycles. The number of anilines is 1. The molecular weight excluding hydrogens is 232 g/mol. The summed E-state index contributed by atoms with van der Waals surface area (Å²) in [5, 5.41) is 11.7. The summed E-state index contributed by atoms with van der Waals surface area (Å²) in [7, 11) is 0. The van der Waals surface area contributed by atoms with E-state index in [1.165, 1.54) is 0 Å². The molecule has 1 aliphatic carbocycles. The molecule has 0 unspecified atom stereocenters. The smallest absolute Gasteiger partial charge is 0.306 e. The molecule has 2 atom stereocenters. The lowest BCUT2D eigenvalue weighted by atomic mass is 10.0. The van der Waals surface area contributed by atoms with Crippen molar-refractivity contribution in [3.05, 3.63) is 24.0 Å². The quantitative estimate of drug-likeness (QED) is 0.855. The Kier molecular flexibility index (Phi) is 3.60.